The number of sulfonamides is 1. The first-order valence-corrected chi connectivity index (χ1v) is 10.3. The van der Waals surface area contributed by atoms with Crippen molar-refractivity contribution in [2.75, 3.05) is 26.7 Å². The number of nitrogens with zero attached hydrogens (tertiary/aromatic N) is 3. The second-order valence-corrected chi connectivity index (χ2v) is 8.99. The third-order valence-corrected chi connectivity index (χ3v) is 7.12. The molecule has 0 saturated carbocycles. The summed E-state index contributed by atoms with van der Waals surface area (Å²) in [7, 11) is -1.91. The van der Waals surface area contributed by atoms with E-state index in [1.807, 2.05) is 0 Å². The lowest BCUT2D eigenvalue weighted by Crippen LogP contribution is -2.36. The van der Waals surface area contributed by atoms with Gasteiger partial charge in [0, 0.05) is 32.1 Å². The number of aromatic nitrogens is 1. The molecule has 0 bridgehead atoms. The highest BCUT2D eigenvalue weighted by atomic mass is 32.2. The summed E-state index contributed by atoms with van der Waals surface area (Å²) in [6.07, 6.45) is 4.39. The van der Waals surface area contributed by atoms with Crippen LogP contribution in [0.4, 0.5) is 4.79 Å². The van der Waals surface area contributed by atoms with Crippen LogP contribution in [0, 0.1) is 0 Å². The summed E-state index contributed by atoms with van der Waals surface area (Å²) < 4.78 is 38.4. The number of benzene rings is 1. The first-order chi connectivity index (χ1) is 12.9. The number of oxazole rings is 1. The first-order valence-electron chi connectivity index (χ1n) is 8.83. The number of carbonyl (C=O) groups is 1. The highest BCUT2D eigenvalue weighted by Crippen LogP contribution is 2.34. The van der Waals surface area contributed by atoms with E-state index in [0.29, 0.717) is 44.7 Å². The number of carbonyl (C=O) groups excluding carboxylic acids is 1. The summed E-state index contributed by atoms with van der Waals surface area (Å²) in [6.45, 7) is 1.24. The maximum absolute atomic E-state index is 13.0. The number of hydrogen-bond acceptors (Lipinski definition) is 6. The van der Waals surface area contributed by atoms with Crippen molar-refractivity contribution in [2.45, 2.75) is 29.8 Å². The molecule has 2 fully saturated rings. The molecule has 2 aromatic rings. The Morgan fingerprint density at radius 3 is 2.56 bits per heavy atom. The Kier molecular flexibility index (Phi) is 4.43. The Bertz CT molecular complexity index is 926. The second-order valence-electron chi connectivity index (χ2n) is 7.05. The van der Waals surface area contributed by atoms with Crippen molar-refractivity contribution in [1.29, 1.82) is 0 Å². The Morgan fingerprint density at radius 2 is 1.93 bits per heavy atom. The molecule has 1 unspecified atom stereocenters. The fourth-order valence-corrected chi connectivity index (χ4v) is 5.21. The van der Waals surface area contributed by atoms with Gasteiger partial charge in [0.2, 0.25) is 10.0 Å². The molecule has 27 heavy (non-hydrogen) atoms. The molecule has 0 radical (unpaired) electrons. The third kappa shape index (κ3) is 3.32. The molecular formula is C18H21N3O5S. The van der Waals surface area contributed by atoms with Crippen LogP contribution in [0.3, 0.4) is 0 Å². The van der Waals surface area contributed by atoms with Crippen molar-refractivity contribution in [3.63, 3.8) is 0 Å². The molecule has 9 heteroatoms. The summed E-state index contributed by atoms with van der Waals surface area (Å²) in [5.74, 6) is 0.586. The van der Waals surface area contributed by atoms with E-state index in [1.165, 1.54) is 10.7 Å². The number of amides is 1. The average molecular weight is 391 g/mol. The predicted octanol–water partition coefficient (Wildman–Crippen LogP) is 2.34. The van der Waals surface area contributed by atoms with E-state index in [0.717, 1.165) is 5.56 Å². The van der Waals surface area contributed by atoms with Gasteiger partial charge in [-0.25, -0.2) is 18.2 Å². The Balaban J connectivity index is 1.51. The Morgan fingerprint density at radius 1 is 1.15 bits per heavy atom. The summed E-state index contributed by atoms with van der Waals surface area (Å²) in [5.41, 5.74) is 0.189. The average Bonchev–Trinajstić information content (AvgIpc) is 3.21. The van der Waals surface area contributed by atoms with Crippen molar-refractivity contribution >= 4 is 16.1 Å². The van der Waals surface area contributed by atoms with E-state index >= 15 is 0 Å². The molecule has 144 valence electrons. The van der Waals surface area contributed by atoms with Gasteiger partial charge in [-0.05, 0) is 37.1 Å². The van der Waals surface area contributed by atoms with Crippen LogP contribution in [0.2, 0.25) is 0 Å². The van der Waals surface area contributed by atoms with Gasteiger partial charge in [0.05, 0.1) is 17.6 Å². The molecule has 8 nitrogen and oxygen atoms in total. The second kappa shape index (κ2) is 6.65. The molecule has 1 aromatic carbocycles. The maximum Gasteiger partial charge on any atom is 0.410 e. The number of hydrogen-bond donors (Lipinski definition) is 0. The van der Waals surface area contributed by atoms with Crippen molar-refractivity contribution in [2.24, 2.45) is 0 Å². The highest BCUT2D eigenvalue weighted by molar-refractivity contribution is 7.89. The van der Waals surface area contributed by atoms with Crippen LogP contribution in [0.15, 0.2) is 46.2 Å². The molecule has 0 aliphatic carbocycles. The quantitative estimate of drug-likeness (QED) is 0.797. The summed E-state index contributed by atoms with van der Waals surface area (Å²) in [5, 5.41) is 0. The zero-order chi connectivity index (χ0) is 19.1. The van der Waals surface area contributed by atoms with Gasteiger partial charge in [0.1, 0.15) is 5.60 Å². The van der Waals surface area contributed by atoms with E-state index in [9.17, 15) is 13.2 Å². The van der Waals surface area contributed by atoms with Gasteiger partial charge >= 0.3 is 6.09 Å². The Labute approximate surface area is 157 Å². The lowest BCUT2D eigenvalue weighted by atomic mass is 9.95. The van der Waals surface area contributed by atoms with E-state index in [4.69, 9.17) is 9.15 Å². The van der Waals surface area contributed by atoms with Crippen LogP contribution in [0.25, 0.3) is 11.3 Å². The van der Waals surface area contributed by atoms with Crippen molar-refractivity contribution < 1.29 is 22.4 Å². The minimum atomic E-state index is -3.61. The summed E-state index contributed by atoms with van der Waals surface area (Å²) >= 11 is 0. The molecule has 1 spiro atoms. The Hall–Kier alpha value is -2.39. The predicted molar refractivity (Wildman–Crippen MR) is 96.4 cm³/mol. The molecular weight excluding hydrogens is 370 g/mol. The van der Waals surface area contributed by atoms with E-state index in [2.05, 4.69) is 4.98 Å². The molecule has 2 aliphatic heterocycles. The van der Waals surface area contributed by atoms with Crippen LogP contribution < -0.4 is 0 Å². The standard InChI is InChI=1S/C18H21N3O5S/c1-20-12-18(26-17(20)22)7-2-9-21(10-8-18)27(23,24)15-5-3-14(4-6-15)16-11-19-13-25-16/h3-6,11,13H,2,7-10,12H2,1H3. The number of ether oxygens (including phenoxy) is 1. The fraction of sp³-hybridized carbons (Fsp3) is 0.444. The van der Waals surface area contributed by atoms with Crippen LogP contribution in [-0.2, 0) is 14.8 Å². The van der Waals surface area contributed by atoms with Crippen molar-refractivity contribution in [1.82, 2.24) is 14.2 Å². The largest absolute Gasteiger partial charge is 0.444 e. The van der Waals surface area contributed by atoms with Gasteiger partial charge in [-0.2, -0.15) is 4.31 Å². The van der Waals surface area contributed by atoms with Crippen LogP contribution in [0.1, 0.15) is 19.3 Å². The molecule has 3 heterocycles. The maximum atomic E-state index is 13.0. The third-order valence-electron chi connectivity index (χ3n) is 5.21. The molecule has 0 N–H and O–H groups in total. The van der Waals surface area contributed by atoms with Gasteiger partial charge in [0.25, 0.3) is 0 Å². The van der Waals surface area contributed by atoms with Gasteiger partial charge in [-0.15, -0.1) is 0 Å². The van der Waals surface area contributed by atoms with Crippen LogP contribution in [-0.4, -0.2) is 61.0 Å². The zero-order valence-electron chi connectivity index (χ0n) is 15.0. The van der Waals surface area contributed by atoms with Crippen molar-refractivity contribution in [3.8, 4) is 11.3 Å². The number of rotatable bonds is 3. The zero-order valence-corrected chi connectivity index (χ0v) is 15.8. The number of likely N-dealkylation sites (N-methyl/N-ethyl adjacent to an activating group) is 1. The van der Waals surface area contributed by atoms with E-state index < -0.39 is 15.6 Å². The van der Waals surface area contributed by atoms with Crippen LogP contribution >= 0.6 is 0 Å². The minimum absolute atomic E-state index is 0.238. The normalized spacial score (nSPS) is 24.2. The van der Waals surface area contributed by atoms with Gasteiger partial charge < -0.3 is 14.1 Å². The van der Waals surface area contributed by atoms with Crippen LogP contribution in [0.5, 0.6) is 0 Å². The molecule has 1 aromatic heterocycles. The van der Waals surface area contributed by atoms with E-state index in [1.54, 1.807) is 42.4 Å². The molecule has 2 saturated heterocycles. The van der Waals surface area contributed by atoms with Gasteiger partial charge in [-0.1, -0.05) is 0 Å². The minimum Gasteiger partial charge on any atom is -0.444 e. The monoisotopic (exact) mass is 391 g/mol. The fourth-order valence-electron chi connectivity index (χ4n) is 3.73. The smallest absolute Gasteiger partial charge is 0.410 e. The molecule has 1 atom stereocenters. The molecule has 1 amide bonds. The summed E-state index contributed by atoms with van der Waals surface area (Å²) in [4.78, 5) is 17.4. The van der Waals surface area contributed by atoms with E-state index in [-0.39, 0.29) is 11.0 Å². The lowest BCUT2D eigenvalue weighted by molar-refractivity contribution is 0.0460. The topological polar surface area (TPSA) is 93.0 Å². The van der Waals surface area contributed by atoms with Gasteiger partial charge in [-0.3, -0.25) is 0 Å². The molecule has 2 aliphatic rings. The van der Waals surface area contributed by atoms with Gasteiger partial charge in [0.15, 0.2) is 12.2 Å². The lowest BCUT2D eigenvalue weighted by Gasteiger charge is -2.25. The first kappa shape index (κ1) is 18.0. The SMILES string of the molecule is CN1CC2(CCCN(S(=O)(=O)c3ccc(-c4cnco4)cc3)CC2)OC1=O. The van der Waals surface area contributed by atoms with Crippen molar-refractivity contribution in [3.05, 3.63) is 36.9 Å². The molecule has 4 rings (SSSR count). The highest BCUT2D eigenvalue weighted by Gasteiger charge is 2.45. The summed E-state index contributed by atoms with van der Waals surface area (Å²) in [6, 6.07) is 6.58.